The summed E-state index contributed by atoms with van der Waals surface area (Å²) in [5.41, 5.74) is 1.28. The maximum absolute atomic E-state index is 13.3. The van der Waals surface area contributed by atoms with Gasteiger partial charge in [-0.25, -0.2) is 12.8 Å². The Labute approximate surface area is 195 Å². The first-order valence-electron chi connectivity index (χ1n) is 11.4. The number of carbonyl (C=O) groups is 1. The molecule has 2 aromatic carbocycles. The van der Waals surface area contributed by atoms with Crippen LogP contribution in [0.15, 0.2) is 53.4 Å². The van der Waals surface area contributed by atoms with E-state index in [2.05, 4.69) is 6.92 Å². The third-order valence-corrected chi connectivity index (χ3v) is 7.97. The second kappa shape index (κ2) is 11.4. The zero-order valence-electron chi connectivity index (χ0n) is 18.9. The number of halogens is 1. The van der Waals surface area contributed by atoms with Crippen molar-refractivity contribution in [2.75, 3.05) is 19.6 Å². The Morgan fingerprint density at radius 1 is 1.09 bits per heavy atom. The van der Waals surface area contributed by atoms with Crippen LogP contribution in [-0.4, -0.2) is 43.2 Å². The van der Waals surface area contributed by atoms with Gasteiger partial charge in [-0.2, -0.15) is 9.57 Å². The molecule has 0 spiro atoms. The third kappa shape index (κ3) is 6.40. The average Bonchev–Trinajstić information content (AvgIpc) is 2.84. The lowest BCUT2D eigenvalue weighted by molar-refractivity contribution is -0.137. The molecule has 1 saturated heterocycles. The molecule has 1 aliphatic heterocycles. The molecule has 0 unspecified atom stereocenters. The minimum absolute atomic E-state index is 0.0332. The molecule has 2 aromatic rings. The number of hydrogen-bond donors (Lipinski definition) is 0. The molecule has 1 fully saturated rings. The van der Waals surface area contributed by atoms with Gasteiger partial charge in [-0.1, -0.05) is 31.9 Å². The largest absolute Gasteiger partial charge is 0.338 e. The fourth-order valence-electron chi connectivity index (χ4n) is 4.08. The molecule has 3 rings (SSSR count). The molecule has 0 saturated carbocycles. The number of piperidine rings is 1. The van der Waals surface area contributed by atoms with Crippen LogP contribution in [0.2, 0.25) is 0 Å². The van der Waals surface area contributed by atoms with Crippen molar-refractivity contribution in [1.82, 2.24) is 9.21 Å². The standard InChI is InChI=1S/C25H30FN3O3S/c1-2-3-4-15-28(19-21-5-9-23(26)10-6-21)25(30)22-13-16-29(17-14-22)33(31,32)24-11-7-20(18-27)8-12-24/h5-12,22H,2-4,13-17,19H2,1H3. The Bertz CT molecular complexity index is 1070. The number of nitrogens with zero attached hydrogens (tertiary/aromatic N) is 3. The van der Waals surface area contributed by atoms with E-state index in [0.717, 1.165) is 24.8 Å². The van der Waals surface area contributed by atoms with Gasteiger partial charge in [0.25, 0.3) is 0 Å². The topological polar surface area (TPSA) is 81.5 Å². The van der Waals surface area contributed by atoms with Crippen LogP contribution < -0.4 is 0 Å². The molecule has 176 valence electrons. The van der Waals surface area contributed by atoms with Gasteiger partial charge < -0.3 is 4.90 Å². The van der Waals surface area contributed by atoms with Crippen LogP contribution in [0.3, 0.4) is 0 Å². The second-order valence-electron chi connectivity index (χ2n) is 8.41. The predicted molar refractivity (Wildman–Crippen MR) is 124 cm³/mol. The van der Waals surface area contributed by atoms with E-state index in [1.165, 1.54) is 40.7 Å². The molecule has 0 aromatic heterocycles. The molecule has 0 atom stereocenters. The van der Waals surface area contributed by atoms with Crippen LogP contribution in [0, 0.1) is 23.1 Å². The van der Waals surface area contributed by atoms with Crippen molar-refractivity contribution in [3.05, 3.63) is 65.5 Å². The van der Waals surface area contributed by atoms with Crippen LogP contribution in [0.1, 0.15) is 50.2 Å². The Kier molecular flexibility index (Phi) is 8.59. The second-order valence-corrected chi connectivity index (χ2v) is 10.3. The molecule has 1 amide bonds. The highest BCUT2D eigenvalue weighted by atomic mass is 32.2. The van der Waals surface area contributed by atoms with Gasteiger partial charge in [-0.15, -0.1) is 0 Å². The van der Waals surface area contributed by atoms with E-state index in [9.17, 15) is 17.6 Å². The zero-order chi connectivity index (χ0) is 23.8. The Morgan fingerprint density at radius 3 is 2.30 bits per heavy atom. The lowest BCUT2D eigenvalue weighted by Crippen LogP contribution is -2.44. The monoisotopic (exact) mass is 471 g/mol. The molecule has 33 heavy (non-hydrogen) atoms. The van der Waals surface area contributed by atoms with Gasteiger partial charge in [0.15, 0.2) is 0 Å². The number of carbonyl (C=O) groups excluding carboxylic acids is 1. The van der Waals surface area contributed by atoms with Crippen molar-refractivity contribution in [2.24, 2.45) is 5.92 Å². The predicted octanol–water partition coefficient (Wildman–Crippen LogP) is 4.32. The highest BCUT2D eigenvalue weighted by molar-refractivity contribution is 7.89. The lowest BCUT2D eigenvalue weighted by atomic mass is 9.96. The zero-order valence-corrected chi connectivity index (χ0v) is 19.7. The van der Waals surface area contributed by atoms with Crippen molar-refractivity contribution in [3.63, 3.8) is 0 Å². The fourth-order valence-corrected chi connectivity index (χ4v) is 5.55. The lowest BCUT2D eigenvalue weighted by Gasteiger charge is -2.34. The van der Waals surface area contributed by atoms with Gasteiger partial charge >= 0.3 is 0 Å². The van der Waals surface area contributed by atoms with Crippen LogP contribution in [0.5, 0.6) is 0 Å². The minimum atomic E-state index is -3.66. The summed E-state index contributed by atoms with van der Waals surface area (Å²) in [5, 5.41) is 8.92. The van der Waals surface area contributed by atoms with Crippen molar-refractivity contribution >= 4 is 15.9 Å². The number of amides is 1. The summed E-state index contributed by atoms with van der Waals surface area (Å²) in [6.07, 6.45) is 3.89. The number of sulfonamides is 1. The van der Waals surface area contributed by atoms with Crippen molar-refractivity contribution in [3.8, 4) is 6.07 Å². The van der Waals surface area contributed by atoms with Crippen LogP contribution >= 0.6 is 0 Å². The maximum Gasteiger partial charge on any atom is 0.243 e. The van der Waals surface area contributed by atoms with E-state index >= 15 is 0 Å². The molecular formula is C25H30FN3O3S. The summed E-state index contributed by atoms with van der Waals surface area (Å²) in [6.45, 7) is 3.71. The summed E-state index contributed by atoms with van der Waals surface area (Å²) in [7, 11) is -3.66. The SMILES string of the molecule is CCCCCN(Cc1ccc(F)cc1)C(=O)C1CCN(S(=O)(=O)c2ccc(C#N)cc2)CC1. The number of rotatable bonds is 9. The molecular weight excluding hydrogens is 441 g/mol. The molecule has 0 bridgehead atoms. The summed E-state index contributed by atoms with van der Waals surface area (Å²) in [5.74, 6) is -0.510. The van der Waals surface area contributed by atoms with Gasteiger partial charge in [0, 0.05) is 32.1 Å². The Morgan fingerprint density at radius 2 is 1.73 bits per heavy atom. The highest BCUT2D eigenvalue weighted by Crippen LogP contribution is 2.26. The number of benzene rings is 2. The summed E-state index contributed by atoms with van der Waals surface area (Å²) >= 11 is 0. The van der Waals surface area contributed by atoms with Gasteiger partial charge in [0.1, 0.15) is 5.82 Å². The van der Waals surface area contributed by atoms with Gasteiger partial charge in [-0.05, 0) is 61.2 Å². The quantitative estimate of drug-likeness (QED) is 0.510. The first kappa shape index (κ1) is 24.9. The first-order valence-corrected chi connectivity index (χ1v) is 12.8. The molecule has 0 aliphatic carbocycles. The van der Waals surface area contributed by atoms with E-state index in [0.29, 0.717) is 31.5 Å². The van der Waals surface area contributed by atoms with Crippen molar-refractivity contribution < 1.29 is 17.6 Å². The molecule has 1 aliphatic rings. The first-order chi connectivity index (χ1) is 15.8. The van der Waals surface area contributed by atoms with Gasteiger partial charge in [-0.3, -0.25) is 4.79 Å². The average molecular weight is 472 g/mol. The van der Waals surface area contributed by atoms with E-state index in [-0.39, 0.29) is 35.6 Å². The van der Waals surface area contributed by atoms with E-state index in [1.54, 1.807) is 12.1 Å². The summed E-state index contributed by atoms with van der Waals surface area (Å²) in [6, 6.07) is 14.1. The molecule has 1 heterocycles. The summed E-state index contributed by atoms with van der Waals surface area (Å²) in [4.78, 5) is 15.3. The van der Waals surface area contributed by atoms with E-state index in [4.69, 9.17) is 5.26 Å². The maximum atomic E-state index is 13.3. The molecule has 6 nitrogen and oxygen atoms in total. The highest BCUT2D eigenvalue weighted by Gasteiger charge is 2.33. The number of unbranched alkanes of at least 4 members (excludes halogenated alkanes) is 2. The molecule has 0 N–H and O–H groups in total. The Balaban J connectivity index is 1.65. The van der Waals surface area contributed by atoms with E-state index < -0.39 is 10.0 Å². The van der Waals surface area contributed by atoms with Gasteiger partial charge in [0.2, 0.25) is 15.9 Å². The normalized spacial score (nSPS) is 15.2. The number of hydrogen-bond acceptors (Lipinski definition) is 4. The third-order valence-electron chi connectivity index (χ3n) is 6.05. The fraction of sp³-hybridized carbons (Fsp3) is 0.440. The minimum Gasteiger partial charge on any atom is -0.338 e. The number of nitriles is 1. The van der Waals surface area contributed by atoms with Gasteiger partial charge in [0.05, 0.1) is 16.5 Å². The van der Waals surface area contributed by atoms with E-state index in [1.807, 2.05) is 11.0 Å². The summed E-state index contributed by atoms with van der Waals surface area (Å²) < 4.78 is 40.6. The van der Waals surface area contributed by atoms with Crippen LogP contribution in [0.4, 0.5) is 4.39 Å². The van der Waals surface area contributed by atoms with Crippen LogP contribution in [0.25, 0.3) is 0 Å². The molecule has 8 heteroatoms. The van der Waals surface area contributed by atoms with Crippen molar-refractivity contribution in [1.29, 1.82) is 5.26 Å². The van der Waals surface area contributed by atoms with Crippen LogP contribution in [-0.2, 0) is 21.4 Å². The van der Waals surface area contributed by atoms with Crippen molar-refractivity contribution in [2.45, 2.75) is 50.5 Å². The molecule has 0 radical (unpaired) electrons. The smallest absolute Gasteiger partial charge is 0.243 e. The Hall–Kier alpha value is -2.76.